The van der Waals surface area contributed by atoms with Gasteiger partial charge in [0.05, 0.1) is 22.9 Å². The van der Waals surface area contributed by atoms with Crippen molar-refractivity contribution in [2.45, 2.75) is 50.3 Å². The summed E-state index contributed by atoms with van der Waals surface area (Å²) < 4.78 is 32.1. The summed E-state index contributed by atoms with van der Waals surface area (Å²) in [5.41, 5.74) is 9.55. The van der Waals surface area contributed by atoms with Crippen LogP contribution >= 0.6 is 0 Å². The average molecular weight is 428 g/mol. The maximum atomic E-state index is 12.1. The predicted molar refractivity (Wildman–Crippen MR) is 115 cm³/mol. The molecule has 1 aliphatic heterocycles. The molecule has 2 aromatic rings. The number of carbonyl (C=O) groups is 1. The summed E-state index contributed by atoms with van der Waals surface area (Å²) in [6.07, 6.45) is 0.759. The van der Waals surface area contributed by atoms with E-state index in [4.69, 9.17) is 5.73 Å². The fraction of sp³-hybridized carbons (Fsp3) is 0.364. The molecule has 0 radical (unpaired) electrons. The van der Waals surface area contributed by atoms with E-state index in [0.29, 0.717) is 28.7 Å². The zero-order chi connectivity index (χ0) is 22.3. The van der Waals surface area contributed by atoms with Crippen molar-refractivity contribution in [1.82, 2.24) is 0 Å². The molecule has 2 aromatic carbocycles. The molecule has 0 fully saturated rings. The molecule has 158 valence electrons. The van der Waals surface area contributed by atoms with Gasteiger partial charge >= 0.3 is 0 Å². The molecule has 1 aliphatic rings. The van der Waals surface area contributed by atoms with Crippen LogP contribution < -0.4 is 11.1 Å². The van der Waals surface area contributed by atoms with Crippen LogP contribution in [0.2, 0.25) is 0 Å². The van der Waals surface area contributed by atoms with Crippen molar-refractivity contribution in [2.24, 2.45) is 5.73 Å². The van der Waals surface area contributed by atoms with Gasteiger partial charge in [0, 0.05) is 11.3 Å². The van der Waals surface area contributed by atoms with Crippen molar-refractivity contribution in [3.63, 3.8) is 0 Å². The lowest BCUT2D eigenvalue weighted by atomic mass is 9.73. The first kappa shape index (κ1) is 21.8. The molecule has 1 amide bonds. The highest BCUT2D eigenvalue weighted by atomic mass is 32.2. The number of fused-ring (bicyclic) bond motifs is 1. The van der Waals surface area contributed by atoms with Gasteiger partial charge in [0.2, 0.25) is 5.91 Å². The van der Waals surface area contributed by atoms with E-state index in [-0.39, 0.29) is 17.9 Å². The van der Waals surface area contributed by atoms with E-state index in [1.165, 1.54) is 6.92 Å². The minimum atomic E-state index is -4.16. The largest absolute Gasteiger partial charge is 0.378 e. The number of carbonyl (C=O) groups excluding carboxylic acids is 1. The van der Waals surface area contributed by atoms with Gasteiger partial charge in [-0.1, -0.05) is 26.0 Å². The number of nitriles is 1. The van der Waals surface area contributed by atoms with Crippen LogP contribution in [-0.4, -0.2) is 24.1 Å². The van der Waals surface area contributed by atoms with Crippen molar-refractivity contribution < 1.29 is 17.8 Å². The Bertz CT molecular complexity index is 1150. The second kappa shape index (κ2) is 7.74. The second-order valence-electron chi connectivity index (χ2n) is 8.47. The zero-order valence-corrected chi connectivity index (χ0v) is 18.0. The third-order valence-electron chi connectivity index (χ3n) is 5.71. The Morgan fingerprint density at radius 3 is 2.63 bits per heavy atom. The zero-order valence-electron chi connectivity index (χ0n) is 17.1. The lowest BCUT2D eigenvalue weighted by Crippen LogP contribution is -2.32. The first-order chi connectivity index (χ1) is 13.9. The van der Waals surface area contributed by atoms with E-state index in [1.807, 2.05) is 12.1 Å². The Hall–Kier alpha value is -2.89. The molecule has 7 nitrogen and oxygen atoms in total. The number of hydrogen-bond donors (Lipinski definition) is 3. The summed E-state index contributed by atoms with van der Waals surface area (Å²) >= 11 is 0. The monoisotopic (exact) mass is 427 g/mol. The summed E-state index contributed by atoms with van der Waals surface area (Å²) in [6.45, 7) is 5.59. The molecule has 2 atom stereocenters. The number of nitrogens with one attached hydrogen (secondary N) is 1. The number of rotatable bonds is 5. The van der Waals surface area contributed by atoms with Gasteiger partial charge in [-0.3, -0.25) is 9.35 Å². The normalized spacial score (nSPS) is 18.6. The molecule has 0 spiro atoms. The molecule has 1 heterocycles. The van der Waals surface area contributed by atoms with Crippen molar-refractivity contribution in [3.05, 3.63) is 64.2 Å². The standard InChI is InChI=1S/C22H25N3O4S/c1-13(30(27,28)29)8-14-4-6-16(21(24)26)17(9-14)20-11-22(2,3)18-10-15(12-23)5-7-19(18)25-20/h4-7,9-10,13,20,25H,8,11H2,1-3H3,(H2,24,26)(H,27,28,29). The van der Waals surface area contributed by atoms with E-state index in [2.05, 4.69) is 25.2 Å². The first-order valence-corrected chi connectivity index (χ1v) is 11.1. The molecular weight excluding hydrogens is 402 g/mol. The molecule has 0 saturated carbocycles. The highest BCUT2D eigenvalue weighted by Gasteiger charge is 2.35. The van der Waals surface area contributed by atoms with E-state index >= 15 is 0 Å². The van der Waals surface area contributed by atoms with Crippen LogP contribution in [0.15, 0.2) is 36.4 Å². The smallest absolute Gasteiger partial charge is 0.267 e. The van der Waals surface area contributed by atoms with Gasteiger partial charge in [-0.15, -0.1) is 0 Å². The summed E-state index contributed by atoms with van der Waals surface area (Å²) in [6, 6.07) is 12.4. The van der Waals surface area contributed by atoms with Crippen molar-refractivity contribution >= 4 is 21.7 Å². The maximum Gasteiger partial charge on any atom is 0.267 e. The maximum absolute atomic E-state index is 12.1. The molecule has 0 saturated heterocycles. The van der Waals surface area contributed by atoms with E-state index in [1.54, 1.807) is 24.3 Å². The Morgan fingerprint density at radius 2 is 2.03 bits per heavy atom. The Kier molecular flexibility index (Phi) is 5.63. The Morgan fingerprint density at radius 1 is 1.33 bits per heavy atom. The summed E-state index contributed by atoms with van der Waals surface area (Å²) in [5.74, 6) is -0.565. The van der Waals surface area contributed by atoms with E-state index in [0.717, 1.165) is 11.3 Å². The van der Waals surface area contributed by atoms with Crippen LogP contribution in [0.5, 0.6) is 0 Å². The van der Waals surface area contributed by atoms with Gasteiger partial charge in [0.15, 0.2) is 0 Å². The predicted octanol–water partition coefficient (Wildman–Crippen LogP) is 3.31. The van der Waals surface area contributed by atoms with Gasteiger partial charge < -0.3 is 11.1 Å². The van der Waals surface area contributed by atoms with E-state index < -0.39 is 21.3 Å². The molecule has 2 unspecified atom stereocenters. The van der Waals surface area contributed by atoms with Crippen molar-refractivity contribution in [3.8, 4) is 6.07 Å². The van der Waals surface area contributed by atoms with Gasteiger partial charge in [0.25, 0.3) is 10.1 Å². The fourth-order valence-corrected chi connectivity index (χ4v) is 4.44. The van der Waals surface area contributed by atoms with E-state index in [9.17, 15) is 23.0 Å². The Labute approximate surface area is 176 Å². The van der Waals surface area contributed by atoms with Gasteiger partial charge in [-0.25, -0.2) is 0 Å². The van der Waals surface area contributed by atoms with Crippen LogP contribution in [-0.2, 0) is 22.0 Å². The van der Waals surface area contributed by atoms with Crippen LogP contribution in [0.1, 0.15) is 65.8 Å². The Balaban J connectivity index is 2.04. The number of amides is 1. The first-order valence-electron chi connectivity index (χ1n) is 9.62. The molecule has 30 heavy (non-hydrogen) atoms. The quantitative estimate of drug-likeness (QED) is 0.627. The minimum absolute atomic E-state index is 0.114. The fourth-order valence-electron chi connectivity index (χ4n) is 4.04. The summed E-state index contributed by atoms with van der Waals surface area (Å²) in [7, 11) is -4.16. The molecular formula is C22H25N3O4S. The number of benzene rings is 2. The molecule has 0 aliphatic carbocycles. The number of anilines is 1. The molecule has 3 rings (SSSR count). The number of hydrogen-bond acceptors (Lipinski definition) is 5. The van der Waals surface area contributed by atoms with Crippen LogP contribution in [0, 0.1) is 11.3 Å². The third-order valence-corrected chi connectivity index (χ3v) is 6.89. The number of primary amides is 1. The molecule has 8 heteroatoms. The minimum Gasteiger partial charge on any atom is -0.378 e. The third kappa shape index (κ3) is 4.32. The summed E-state index contributed by atoms with van der Waals surface area (Å²) in [4.78, 5) is 12.1. The lowest BCUT2D eigenvalue weighted by molar-refractivity contribution is 0.0998. The van der Waals surface area contributed by atoms with Crippen molar-refractivity contribution in [2.75, 3.05) is 5.32 Å². The highest BCUT2D eigenvalue weighted by molar-refractivity contribution is 7.86. The van der Waals surface area contributed by atoms with Crippen LogP contribution in [0.4, 0.5) is 5.69 Å². The second-order valence-corrected chi connectivity index (χ2v) is 10.3. The summed E-state index contributed by atoms with van der Waals surface area (Å²) in [5, 5.41) is 11.7. The highest BCUT2D eigenvalue weighted by Crippen LogP contribution is 2.45. The number of nitrogens with zero attached hydrogens (tertiary/aromatic N) is 1. The van der Waals surface area contributed by atoms with Gasteiger partial charge in [-0.05, 0) is 66.1 Å². The van der Waals surface area contributed by atoms with Crippen LogP contribution in [0.25, 0.3) is 0 Å². The van der Waals surface area contributed by atoms with Crippen molar-refractivity contribution in [1.29, 1.82) is 5.26 Å². The lowest BCUT2D eigenvalue weighted by Gasteiger charge is -2.39. The van der Waals surface area contributed by atoms with Crippen LogP contribution in [0.3, 0.4) is 0 Å². The number of nitrogens with two attached hydrogens (primary N) is 1. The topological polar surface area (TPSA) is 133 Å². The molecule has 0 aromatic heterocycles. The molecule has 4 N–H and O–H groups in total. The molecule has 0 bridgehead atoms. The van der Waals surface area contributed by atoms with Gasteiger partial charge in [-0.2, -0.15) is 13.7 Å². The van der Waals surface area contributed by atoms with Gasteiger partial charge in [0.1, 0.15) is 0 Å². The average Bonchev–Trinajstić information content (AvgIpc) is 2.66. The SMILES string of the molecule is CC(Cc1ccc(C(N)=O)c(C2CC(C)(C)c3cc(C#N)ccc3N2)c1)S(=O)(=O)O.